The quantitative estimate of drug-likeness (QED) is 0.810. The van der Waals surface area contributed by atoms with E-state index in [1.165, 1.54) is 5.56 Å². The Labute approximate surface area is 139 Å². The van der Waals surface area contributed by atoms with Crippen LogP contribution in [0.15, 0.2) is 40.9 Å². The first kappa shape index (κ1) is 16.6. The molecule has 1 N–H and O–H groups in total. The zero-order chi connectivity index (χ0) is 15.9. The zero-order valence-corrected chi connectivity index (χ0v) is 14.6. The molecule has 0 heterocycles. The molecule has 0 amide bonds. The minimum Gasteiger partial charge on any atom is -0.493 e. The van der Waals surface area contributed by atoms with Gasteiger partial charge in [-0.1, -0.05) is 40.2 Å². The number of methoxy groups -OCH3 is 3. The van der Waals surface area contributed by atoms with Gasteiger partial charge in [0, 0.05) is 23.1 Å². The molecule has 5 heteroatoms. The van der Waals surface area contributed by atoms with Crippen molar-refractivity contribution in [3.05, 3.63) is 52.0 Å². The summed E-state index contributed by atoms with van der Waals surface area (Å²) in [5, 5.41) is 3.42. The maximum absolute atomic E-state index is 5.48. The predicted molar refractivity (Wildman–Crippen MR) is 90.8 cm³/mol. The Morgan fingerprint density at radius 2 is 1.50 bits per heavy atom. The fraction of sp³-hybridized carbons (Fsp3) is 0.294. The molecule has 0 fully saturated rings. The molecule has 0 unspecified atom stereocenters. The highest BCUT2D eigenvalue weighted by atomic mass is 79.9. The molecule has 0 aliphatic heterocycles. The first-order chi connectivity index (χ1) is 10.7. The average molecular weight is 366 g/mol. The van der Waals surface area contributed by atoms with Gasteiger partial charge in [-0.05, 0) is 17.7 Å². The lowest BCUT2D eigenvalue weighted by atomic mass is 10.1. The molecular formula is C17H20BrNO3. The van der Waals surface area contributed by atoms with Crippen molar-refractivity contribution in [3.8, 4) is 17.2 Å². The van der Waals surface area contributed by atoms with E-state index in [9.17, 15) is 0 Å². The van der Waals surface area contributed by atoms with Crippen molar-refractivity contribution in [3.63, 3.8) is 0 Å². The molecule has 0 radical (unpaired) electrons. The minimum atomic E-state index is 0.616. The van der Waals surface area contributed by atoms with Gasteiger partial charge in [0.1, 0.15) is 0 Å². The molecule has 2 aromatic carbocycles. The van der Waals surface area contributed by atoms with Gasteiger partial charge in [0.2, 0.25) is 5.75 Å². The van der Waals surface area contributed by atoms with Gasteiger partial charge in [-0.3, -0.25) is 0 Å². The average Bonchev–Trinajstić information content (AvgIpc) is 2.55. The second-order valence-electron chi connectivity index (χ2n) is 4.69. The lowest BCUT2D eigenvalue weighted by molar-refractivity contribution is 0.321. The van der Waals surface area contributed by atoms with E-state index in [-0.39, 0.29) is 0 Å². The summed E-state index contributed by atoms with van der Waals surface area (Å²) in [6, 6.07) is 12.0. The fourth-order valence-corrected chi connectivity index (χ4v) is 2.70. The number of halogens is 1. The van der Waals surface area contributed by atoms with Crippen LogP contribution in [-0.4, -0.2) is 21.3 Å². The van der Waals surface area contributed by atoms with Crippen LogP contribution in [0.5, 0.6) is 17.2 Å². The van der Waals surface area contributed by atoms with Crippen LogP contribution in [0.3, 0.4) is 0 Å². The van der Waals surface area contributed by atoms with Gasteiger partial charge in [-0.15, -0.1) is 0 Å². The highest BCUT2D eigenvalue weighted by Gasteiger charge is 2.15. The SMILES string of the molecule is COc1ccc(CNCc2ccccc2Br)c(OC)c1OC. The summed E-state index contributed by atoms with van der Waals surface area (Å²) in [7, 11) is 4.86. The molecule has 2 aromatic rings. The summed E-state index contributed by atoms with van der Waals surface area (Å²) in [6.45, 7) is 1.43. The summed E-state index contributed by atoms with van der Waals surface area (Å²) in [4.78, 5) is 0. The number of ether oxygens (including phenoxy) is 3. The smallest absolute Gasteiger partial charge is 0.203 e. The van der Waals surface area contributed by atoms with Crippen molar-refractivity contribution in [1.29, 1.82) is 0 Å². The highest BCUT2D eigenvalue weighted by Crippen LogP contribution is 2.39. The number of nitrogens with one attached hydrogen (secondary N) is 1. The molecule has 0 atom stereocenters. The van der Waals surface area contributed by atoms with E-state index in [0.29, 0.717) is 23.8 Å². The maximum atomic E-state index is 5.48. The van der Waals surface area contributed by atoms with Crippen LogP contribution in [-0.2, 0) is 13.1 Å². The van der Waals surface area contributed by atoms with Gasteiger partial charge in [0.15, 0.2) is 11.5 Å². The zero-order valence-electron chi connectivity index (χ0n) is 13.0. The molecule has 0 spiro atoms. The van der Waals surface area contributed by atoms with Crippen molar-refractivity contribution in [2.75, 3.05) is 21.3 Å². The Balaban J connectivity index is 2.11. The Kier molecular flexibility index (Phi) is 6.10. The van der Waals surface area contributed by atoms with Crippen molar-refractivity contribution in [1.82, 2.24) is 5.32 Å². The molecule has 4 nitrogen and oxygen atoms in total. The van der Waals surface area contributed by atoms with Crippen LogP contribution in [0.4, 0.5) is 0 Å². The first-order valence-corrected chi connectivity index (χ1v) is 7.72. The molecule has 0 saturated carbocycles. The summed E-state index contributed by atoms with van der Waals surface area (Å²) in [5.41, 5.74) is 2.23. The lowest BCUT2D eigenvalue weighted by Gasteiger charge is -2.16. The predicted octanol–water partition coefficient (Wildman–Crippen LogP) is 3.76. The van der Waals surface area contributed by atoms with Gasteiger partial charge in [0.25, 0.3) is 0 Å². The monoisotopic (exact) mass is 365 g/mol. The Hall–Kier alpha value is -1.72. The third-order valence-corrected chi connectivity index (χ3v) is 4.15. The Morgan fingerprint density at radius 1 is 0.818 bits per heavy atom. The van der Waals surface area contributed by atoms with Crippen molar-refractivity contribution >= 4 is 15.9 Å². The summed E-state index contributed by atoms with van der Waals surface area (Å²) < 4.78 is 17.3. The molecule has 0 aliphatic carbocycles. The highest BCUT2D eigenvalue weighted by molar-refractivity contribution is 9.10. The van der Waals surface area contributed by atoms with Crippen LogP contribution in [0, 0.1) is 0 Å². The van der Waals surface area contributed by atoms with Gasteiger partial charge in [-0.25, -0.2) is 0 Å². The first-order valence-electron chi connectivity index (χ1n) is 6.93. The fourth-order valence-electron chi connectivity index (χ4n) is 2.28. The van der Waals surface area contributed by atoms with E-state index >= 15 is 0 Å². The van der Waals surface area contributed by atoms with Gasteiger partial charge in [0.05, 0.1) is 21.3 Å². The lowest BCUT2D eigenvalue weighted by Crippen LogP contribution is -2.14. The summed E-state index contributed by atoms with van der Waals surface area (Å²) in [6.07, 6.45) is 0. The molecule has 0 saturated heterocycles. The number of benzene rings is 2. The molecule has 0 aliphatic rings. The Bertz CT molecular complexity index is 631. The summed E-state index contributed by atoms with van der Waals surface area (Å²) >= 11 is 3.55. The second-order valence-corrected chi connectivity index (χ2v) is 5.54. The van der Waals surface area contributed by atoms with Crippen LogP contribution in [0.2, 0.25) is 0 Å². The Morgan fingerprint density at radius 3 is 2.14 bits per heavy atom. The van der Waals surface area contributed by atoms with Crippen LogP contribution in [0.25, 0.3) is 0 Å². The standard InChI is InChI=1S/C17H20BrNO3/c1-20-15-9-8-13(16(21-2)17(15)22-3)11-19-10-12-6-4-5-7-14(12)18/h4-9,19H,10-11H2,1-3H3. The van der Waals surface area contributed by atoms with Crippen LogP contribution >= 0.6 is 15.9 Å². The van der Waals surface area contributed by atoms with E-state index in [1.807, 2.05) is 30.3 Å². The number of hydrogen-bond acceptors (Lipinski definition) is 4. The second kappa shape index (κ2) is 8.06. The van der Waals surface area contributed by atoms with Gasteiger partial charge in [-0.2, -0.15) is 0 Å². The van der Waals surface area contributed by atoms with Gasteiger partial charge < -0.3 is 19.5 Å². The summed E-state index contributed by atoms with van der Waals surface area (Å²) in [5.74, 6) is 1.97. The third-order valence-electron chi connectivity index (χ3n) is 3.37. The molecule has 22 heavy (non-hydrogen) atoms. The maximum Gasteiger partial charge on any atom is 0.203 e. The van der Waals surface area contributed by atoms with Crippen molar-refractivity contribution in [2.24, 2.45) is 0 Å². The molecule has 2 rings (SSSR count). The van der Waals surface area contributed by atoms with Crippen molar-refractivity contribution < 1.29 is 14.2 Å². The largest absolute Gasteiger partial charge is 0.493 e. The molecule has 0 aromatic heterocycles. The third kappa shape index (κ3) is 3.72. The number of hydrogen-bond donors (Lipinski definition) is 1. The van der Waals surface area contributed by atoms with Crippen molar-refractivity contribution in [2.45, 2.75) is 13.1 Å². The van der Waals surface area contributed by atoms with E-state index < -0.39 is 0 Å². The normalized spacial score (nSPS) is 10.4. The molecular weight excluding hydrogens is 346 g/mol. The van der Waals surface area contributed by atoms with E-state index in [4.69, 9.17) is 14.2 Å². The van der Waals surface area contributed by atoms with E-state index in [1.54, 1.807) is 21.3 Å². The van der Waals surface area contributed by atoms with E-state index in [0.717, 1.165) is 16.6 Å². The van der Waals surface area contributed by atoms with Crippen LogP contribution in [0.1, 0.15) is 11.1 Å². The van der Waals surface area contributed by atoms with Crippen LogP contribution < -0.4 is 19.5 Å². The topological polar surface area (TPSA) is 39.7 Å². The molecule has 0 bridgehead atoms. The minimum absolute atomic E-state index is 0.616. The van der Waals surface area contributed by atoms with Gasteiger partial charge >= 0.3 is 0 Å². The molecule has 118 valence electrons. The van der Waals surface area contributed by atoms with E-state index in [2.05, 4.69) is 27.3 Å². The number of rotatable bonds is 7.